The van der Waals surface area contributed by atoms with Crippen molar-refractivity contribution < 1.29 is 14.3 Å². The molecule has 0 bridgehead atoms. The Hall–Kier alpha value is -2.40. The van der Waals surface area contributed by atoms with Crippen molar-refractivity contribution in [3.63, 3.8) is 0 Å². The van der Waals surface area contributed by atoms with Crippen LogP contribution in [0.15, 0.2) is 36.4 Å². The van der Waals surface area contributed by atoms with E-state index in [1.807, 2.05) is 30.9 Å². The van der Waals surface area contributed by atoms with Crippen LogP contribution < -0.4 is 0 Å². The molecule has 1 heterocycles. The van der Waals surface area contributed by atoms with Crippen LogP contribution in [-0.2, 0) is 17.8 Å². The molecule has 3 rings (SSSR count). The summed E-state index contributed by atoms with van der Waals surface area (Å²) in [4.78, 5) is 16.5. The van der Waals surface area contributed by atoms with Crippen LogP contribution >= 0.6 is 0 Å². The number of aromatic hydroxyl groups is 1. The lowest BCUT2D eigenvalue weighted by molar-refractivity contribution is -0.132. The summed E-state index contributed by atoms with van der Waals surface area (Å²) in [6.07, 6.45) is 0.304. The van der Waals surface area contributed by atoms with E-state index in [-0.39, 0.29) is 11.7 Å². The van der Waals surface area contributed by atoms with Crippen molar-refractivity contribution in [3.8, 4) is 5.75 Å². The Morgan fingerprint density at radius 3 is 2.31 bits per heavy atom. The Labute approximate surface area is 153 Å². The number of nitrogens with zero attached hydrogens (tertiary/aromatic N) is 2. The van der Waals surface area contributed by atoms with Crippen molar-refractivity contribution in [2.24, 2.45) is 0 Å². The zero-order valence-electron chi connectivity index (χ0n) is 15.3. The fraction of sp³-hybridized carbons (Fsp3) is 0.381. The average molecular weight is 356 g/mol. The van der Waals surface area contributed by atoms with Crippen LogP contribution in [-0.4, -0.2) is 47.0 Å². The molecule has 138 valence electrons. The van der Waals surface area contributed by atoms with E-state index in [9.17, 15) is 14.3 Å². The Kier molecular flexibility index (Phi) is 5.57. The summed E-state index contributed by atoms with van der Waals surface area (Å²) in [7, 11) is 0. The first kappa shape index (κ1) is 18.4. The van der Waals surface area contributed by atoms with Crippen molar-refractivity contribution >= 4 is 5.91 Å². The lowest BCUT2D eigenvalue weighted by Gasteiger charge is -2.35. The van der Waals surface area contributed by atoms with Crippen molar-refractivity contribution in [3.05, 3.63) is 64.5 Å². The Morgan fingerprint density at radius 2 is 1.65 bits per heavy atom. The molecular weight excluding hydrogens is 331 g/mol. The van der Waals surface area contributed by atoms with Gasteiger partial charge in [-0.25, -0.2) is 4.39 Å². The largest absolute Gasteiger partial charge is 0.508 e. The van der Waals surface area contributed by atoms with Crippen LogP contribution in [0.4, 0.5) is 4.39 Å². The first-order chi connectivity index (χ1) is 12.4. The number of hydrogen-bond donors (Lipinski definition) is 1. The zero-order chi connectivity index (χ0) is 18.7. The molecule has 5 heteroatoms. The molecule has 4 nitrogen and oxygen atoms in total. The van der Waals surface area contributed by atoms with Crippen molar-refractivity contribution in [1.29, 1.82) is 0 Å². The van der Waals surface area contributed by atoms with Gasteiger partial charge in [-0.2, -0.15) is 0 Å². The van der Waals surface area contributed by atoms with Crippen molar-refractivity contribution in [2.45, 2.75) is 26.8 Å². The minimum atomic E-state index is -0.288. The zero-order valence-corrected chi connectivity index (χ0v) is 15.3. The first-order valence-corrected chi connectivity index (χ1v) is 8.96. The maximum atomic E-state index is 13.0. The number of carbonyl (C=O) groups excluding carboxylic acids is 1. The number of piperazine rings is 1. The topological polar surface area (TPSA) is 43.8 Å². The normalized spacial score (nSPS) is 15.3. The van der Waals surface area contributed by atoms with Crippen LogP contribution in [0, 0.1) is 19.7 Å². The van der Waals surface area contributed by atoms with Gasteiger partial charge in [0.2, 0.25) is 5.91 Å². The average Bonchev–Trinajstić information content (AvgIpc) is 2.62. The highest BCUT2D eigenvalue weighted by Gasteiger charge is 2.22. The number of carbonyl (C=O) groups is 1. The summed E-state index contributed by atoms with van der Waals surface area (Å²) >= 11 is 0. The maximum absolute atomic E-state index is 13.0. The highest BCUT2D eigenvalue weighted by atomic mass is 19.1. The van der Waals surface area contributed by atoms with E-state index < -0.39 is 0 Å². The number of benzene rings is 2. The molecule has 0 saturated carbocycles. The highest BCUT2D eigenvalue weighted by Crippen LogP contribution is 2.23. The second-order valence-corrected chi connectivity index (χ2v) is 7.03. The summed E-state index contributed by atoms with van der Waals surface area (Å²) in [5.74, 6) is 0.123. The van der Waals surface area contributed by atoms with E-state index in [0.29, 0.717) is 31.8 Å². The summed E-state index contributed by atoms with van der Waals surface area (Å²) in [6, 6.07) is 9.94. The van der Waals surface area contributed by atoms with Crippen LogP contribution in [0.25, 0.3) is 0 Å². The molecule has 0 atom stereocenters. The molecule has 1 N–H and O–H groups in total. The van der Waals surface area contributed by atoms with Crippen LogP contribution in [0.5, 0.6) is 5.75 Å². The summed E-state index contributed by atoms with van der Waals surface area (Å²) in [5.41, 5.74) is 4.02. The maximum Gasteiger partial charge on any atom is 0.227 e. The molecule has 1 aliphatic rings. The molecule has 1 aliphatic heterocycles. The quantitative estimate of drug-likeness (QED) is 0.916. The lowest BCUT2D eigenvalue weighted by atomic mass is 10.0. The predicted octanol–water partition coefficient (Wildman–Crippen LogP) is 3.04. The van der Waals surface area contributed by atoms with Gasteiger partial charge in [-0.05, 0) is 48.7 Å². The third-order valence-electron chi connectivity index (χ3n) is 5.08. The fourth-order valence-corrected chi connectivity index (χ4v) is 3.27. The molecule has 1 fully saturated rings. The standard InChI is InChI=1S/C21H25FN2O2/c1-15-11-18(20(25)12-16(15)2)14-23-7-9-24(10-8-23)21(26)13-17-3-5-19(22)6-4-17/h3-6,11-12,25H,7-10,13-14H2,1-2H3. The molecule has 2 aromatic rings. The van der Waals surface area contributed by atoms with Gasteiger partial charge in [0.05, 0.1) is 6.42 Å². The van der Waals surface area contributed by atoms with Gasteiger partial charge < -0.3 is 10.0 Å². The first-order valence-electron chi connectivity index (χ1n) is 8.96. The van der Waals surface area contributed by atoms with Gasteiger partial charge in [-0.15, -0.1) is 0 Å². The van der Waals surface area contributed by atoms with Gasteiger partial charge in [0, 0.05) is 38.3 Å². The third kappa shape index (κ3) is 4.41. The smallest absolute Gasteiger partial charge is 0.227 e. The molecule has 1 saturated heterocycles. The van der Waals surface area contributed by atoms with Crippen LogP contribution in [0.3, 0.4) is 0 Å². The number of aryl methyl sites for hydroxylation is 2. The number of hydrogen-bond acceptors (Lipinski definition) is 3. The number of phenols is 1. The van der Waals surface area contributed by atoms with E-state index in [2.05, 4.69) is 4.90 Å². The molecular formula is C21H25FN2O2. The molecule has 0 unspecified atom stereocenters. The molecule has 0 spiro atoms. The third-order valence-corrected chi connectivity index (χ3v) is 5.08. The Balaban J connectivity index is 1.53. The summed E-state index contributed by atoms with van der Waals surface area (Å²) < 4.78 is 13.0. The second kappa shape index (κ2) is 7.87. The lowest BCUT2D eigenvalue weighted by Crippen LogP contribution is -2.48. The van der Waals surface area contributed by atoms with E-state index in [4.69, 9.17) is 0 Å². The monoisotopic (exact) mass is 356 g/mol. The molecule has 1 amide bonds. The van der Waals surface area contributed by atoms with Gasteiger partial charge in [0.1, 0.15) is 11.6 Å². The van der Waals surface area contributed by atoms with Gasteiger partial charge in [-0.1, -0.05) is 18.2 Å². The van der Waals surface area contributed by atoms with Gasteiger partial charge >= 0.3 is 0 Å². The Morgan fingerprint density at radius 1 is 1.04 bits per heavy atom. The van der Waals surface area contributed by atoms with Gasteiger partial charge in [0.15, 0.2) is 0 Å². The van der Waals surface area contributed by atoms with Crippen LogP contribution in [0.2, 0.25) is 0 Å². The minimum Gasteiger partial charge on any atom is -0.508 e. The van der Waals surface area contributed by atoms with Crippen molar-refractivity contribution in [1.82, 2.24) is 9.80 Å². The minimum absolute atomic E-state index is 0.0743. The molecule has 0 aliphatic carbocycles. The van der Waals surface area contributed by atoms with Crippen molar-refractivity contribution in [2.75, 3.05) is 26.2 Å². The SMILES string of the molecule is Cc1cc(O)c(CN2CCN(C(=O)Cc3ccc(F)cc3)CC2)cc1C. The number of amides is 1. The fourth-order valence-electron chi connectivity index (χ4n) is 3.27. The number of halogens is 1. The van der Waals surface area contributed by atoms with Gasteiger partial charge in [0.25, 0.3) is 0 Å². The van der Waals surface area contributed by atoms with E-state index in [1.165, 1.54) is 17.7 Å². The second-order valence-electron chi connectivity index (χ2n) is 7.03. The van der Waals surface area contributed by atoms with E-state index in [1.54, 1.807) is 12.1 Å². The number of rotatable bonds is 4. The van der Waals surface area contributed by atoms with Gasteiger partial charge in [-0.3, -0.25) is 9.69 Å². The molecule has 2 aromatic carbocycles. The highest BCUT2D eigenvalue weighted by molar-refractivity contribution is 5.78. The molecule has 0 radical (unpaired) electrons. The van der Waals surface area contributed by atoms with E-state index in [0.717, 1.165) is 29.8 Å². The summed E-state index contributed by atoms with van der Waals surface area (Å²) in [5, 5.41) is 10.2. The number of phenolic OH excluding ortho intramolecular Hbond substituents is 1. The van der Waals surface area contributed by atoms with Crippen LogP contribution in [0.1, 0.15) is 22.3 Å². The predicted molar refractivity (Wildman–Crippen MR) is 99.5 cm³/mol. The summed E-state index contributed by atoms with van der Waals surface area (Å²) in [6.45, 7) is 7.63. The Bertz CT molecular complexity index is 781. The molecule has 26 heavy (non-hydrogen) atoms. The van der Waals surface area contributed by atoms with E-state index >= 15 is 0 Å². The molecule has 0 aromatic heterocycles.